The highest BCUT2D eigenvalue weighted by molar-refractivity contribution is 6.11. The van der Waals surface area contributed by atoms with Crippen LogP contribution < -0.4 is 20.1 Å². The Kier molecular flexibility index (Phi) is 5.53. The summed E-state index contributed by atoms with van der Waals surface area (Å²) in [5.74, 6) is -1.11. The Bertz CT molecular complexity index is 1500. The molecule has 7 heteroatoms. The number of amides is 1. The van der Waals surface area contributed by atoms with Crippen molar-refractivity contribution in [2.45, 2.75) is 12.0 Å². The van der Waals surface area contributed by atoms with Crippen molar-refractivity contribution in [2.75, 3.05) is 23.8 Å². The van der Waals surface area contributed by atoms with Gasteiger partial charge in [-0.3, -0.25) is 14.5 Å². The van der Waals surface area contributed by atoms with E-state index in [1.165, 1.54) is 0 Å². The molecule has 6 rings (SSSR count). The van der Waals surface area contributed by atoms with Crippen LogP contribution in [0.4, 0.5) is 11.4 Å². The number of nitrogens with zero attached hydrogens (tertiary/aromatic N) is 1. The third-order valence-electron chi connectivity index (χ3n) is 6.90. The first kappa shape index (κ1) is 22.7. The second kappa shape index (κ2) is 9.02. The third-order valence-corrected chi connectivity index (χ3v) is 6.90. The predicted molar refractivity (Wildman–Crippen MR) is 140 cm³/mol. The Hall–Kier alpha value is -4.78. The minimum atomic E-state index is -1.01. The van der Waals surface area contributed by atoms with Gasteiger partial charge >= 0.3 is 5.97 Å². The van der Waals surface area contributed by atoms with E-state index in [0.717, 1.165) is 11.1 Å². The van der Waals surface area contributed by atoms with E-state index >= 15 is 0 Å². The van der Waals surface area contributed by atoms with Crippen LogP contribution in [-0.2, 0) is 4.79 Å². The number of fused-ring (bicyclic) bond motifs is 2. The molecular formula is C30H24N2O5. The molecule has 3 N–H and O–H groups in total. The highest BCUT2D eigenvalue weighted by atomic mass is 16.6. The Balaban J connectivity index is 1.49. The summed E-state index contributed by atoms with van der Waals surface area (Å²) < 4.78 is 11.4. The second-order valence-electron chi connectivity index (χ2n) is 9.10. The zero-order chi connectivity index (χ0) is 25.5. The van der Waals surface area contributed by atoms with Gasteiger partial charge in [-0.25, -0.2) is 0 Å². The minimum Gasteiger partial charge on any atom is -0.486 e. The van der Waals surface area contributed by atoms with Crippen molar-refractivity contribution in [3.63, 3.8) is 0 Å². The molecule has 0 aromatic heterocycles. The number of carboxylic acids is 1. The third kappa shape index (κ3) is 3.94. The lowest BCUT2D eigenvalue weighted by atomic mass is 9.79. The van der Waals surface area contributed by atoms with E-state index in [1.54, 1.807) is 41.3 Å². The quantitative estimate of drug-likeness (QED) is 0.376. The Morgan fingerprint density at radius 1 is 0.838 bits per heavy atom. The molecular weight excluding hydrogens is 468 g/mol. The number of anilines is 2. The van der Waals surface area contributed by atoms with Gasteiger partial charge in [-0.1, -0.05) is 48.5 Å². The van der Waals surface area contributed by atoms with Crippen LogP contribution in [0.25, 0.3) is 11.1 Å². The summed E-state index contributed by atoms with van der Waals surface area (Å²) >= 11 is 0. The molecule has 37 heavy (non-hydrogen) atoms. The zero-order valence-electron chi connectivity index (χ0n) is 19.8. The zero-order valence-corrected chi connectivity index (χ0v) is 19.8. The number of carbonyl (C=O) groups excluding carboxylic acids is 1. The van der Waals surface area contributed by atoms with E-state index in [9.17, 15) is 14.7 Å². The molecule has 2 aliphatic rings. The Labute approximate surface area is 213 Å². The summed E-state index contributed by atoms with van der Waals surface area (Å²) in [6, 6.07) is 26.6. The van der Waals surface area contributed by atoms with Crippen molar-refractivity contribution in [1.29, 1.82) is 0 Å². The summed E-state index contributed by atoms with van der Waals surface area (Å²) in [5.41, 5.74) is 10.6. The number of rotatable bonds is 4. The molecule has 0 spiro atoms. The topological polar surface area (TPSA) is 102 Å². The first-order valence-corrected chi connectivity index (χ1v) is 12.0. The maximum atomic E-state index is 13.9. The van der Waals surface area contributed by atoms with Crippen molar-refractivity contribution < 1.29 is 24.2 Å². The number of nitrogens with two attached hydrogens (primary N) is 1. The number of hydrogen-bond donors (Lipinski definition) is 2. The number of aliphatic carboxylic acids is 1. The van der Waals surface area contributed by atoms with Gasteiger partial charge in [0.2, 0.25) is 0 Å². The molecule has 0 saturated carbocycles. The summed E-state index contributed by atoms with van der Waals surface area (Å²) in [6.45, 7) is 0.855. The van der Waals surface area contributed by atoms with Crippen molar-refractivity contribution in [3.8, 4) is 22.6 Å². The van der Waals surface area contributed by atoms with Gasteiger partial charge in [0.25, 0.3) is 5.91 Å². The fourth-order valence-electron chi connectivity index (χ4n) is 5.16. The van der Waals surface area contributed by atoms with Gasteiger partial charge in [-0.15, -0.1) is 0 Å². The molecule has 2 atom stereocenters. The van der Waals surface area contributed by atoms with Crippen LogP contribution in [0.5, 0.6) is 11.5 Å². The number of carbonyl (C=O) groups is 2. The lowest BCUT2D eigenvalue weighted by Crippen LogP contribution is -2.45. The van der Waals surface area contributed by atoms with Crippen molar-refractivity contribution in [3.05, 3.63) is 108 Å². The SMILES string of the molecule is Nc1ccc(-c2ccc(N3C(=O)c4ccccc4[C@@H](C(=O)O)[C@@H]3c3ccc4c(c3)OCCO4)cc2)cc1. The molecule has 1 amide bonds. The molecule has 0 fully saturated rings. The molecule has 184 valence electrons. The highest BCUT2D eigenvalue weighted by Crippen LogP contribution is 2.47. The number of ether oxygens (including phenoxy) is 2. The van der Waals surface area contributed by atoms with Gasteiger partial charge < -0.3 is 20.3 Å². The van der Waals surface area contributed by atoms with Gasteiger partial charge in [0.05, 0.1) is 6.04 Å². The van der Waals surface area contributed by atoms with Crippen molar-refractivity contribution in [2.24, 2.45) is 0 Å². The summed E-state index contributed by atoms with van der Waals surface area (Å²) in [7, 11) is 0. The average molecular weight is 493 g/mol. The number of hydrogen-bond acceptors (Lipinski definition) is 5. The molecule has 2 aliphatic heterocycles. The number of nitrogen functional groups attached to an aromatic ring is 1. The van der Waals surface area contributed by atoms with Crippen molar-refractivity contribution in [1.82, 2.24) is 0 Å². The fraction of sp³-hybridized carbons (Fsp3) is 0.133. The fourth-order valence-corrected chi connectivity index (χ4v) is 5.16. The Morgan fingerprint density at radius 3 is 2.19 bits per heavy atom. The number of benzene rings is 4. The van der Waals surface area contributed by atoms with E-state index in [1.807, 2.05) is 54.6 Å². The van der Waals surface area contributed by atoms with Crippen LogP contribution in [0.1, 0.15) is 33.4 Å². The highest BCUT2D eigenvalue weighted by Gasteiger charge is 2.45. The first-order valence-electron chi connectivity index (χ1n) is 12.0. The maximum absolute atomic E-state index is 13.9. The lowest BCUT2D eigenvalue weighted by Gasteiger charge is -2.41. The van der Waals surface area contributed by atoms with Crippen LogP contribution in [0.15, 0.2) is 91.0 Å². The maximum Gasteiger partial charge on any atom is 0.313 e. The molecule has 4 aromatic rings. The monoisotopic (exact) mass is 492 g/mol. The predicted octanol–water partition coefficient (Wildman–Crippen LogP) is 5.28. The van der Waals surface area contributed by atoms with Crippen LogP contribution in [0, 0.1) is 0 Å². The molecule has 0 aliphatic carbocycles. The van der Waals surface area contributed by atoms with E-state index in [0.29, 0.717) is 52.8 Å². The van der Waals surface area contributed by atoms with E-state index in [-0.39, 0.29) is 5.91 Å². The van der Waals surface area contributed by atoms with Gasteiger partial charge in [0.15, 0.2) is 11.5 Å². The van der Waals surface area contributed by atoms with E-state index in [2.05, 4.69) is 0 Å². The Morgan fingerprint density at radius 2 is 1.49 bits per heavy atom. The van der Waals surface area contributed by atoms with Gasteiger partial charge in [-0.2, -0.15) is 0 Å². The molecule has 0 unspecified atom stereocenters. The standard InChI is InChI=1S/C30H24N2O5/c31-21-10-5-18(6-11-21)19-7-12-22(13-8-19)32-28(20-9-14-25-26(17-20)37-16-15-36-25)27(30(34)35)23-3-1-2-4-24(23)29(32)33/h1-14,17,27-28H,15-16,31H2,(H,34,35)/t27-,28+/m1/s1. The van der Waals surface area contributed by atoms with Gasteiger partial charge in [0.1, 0.15) is 19.1 Å². The molecule has 2 heterocycles. The van der Waals surface area contributed by atoms with Crippen LogP contribution >= 0.6 is 0 Å². The summed E-state index contributed by atoms with van der Waals surface area (Å²) in [6.07, 6.45) is 0. The second-order valence-corrected chi connectivity index (χ2v) is 9.10. The minimum absolute atomic E-state index is 0.256. The molecule has 4 aromatic carbocycles. The summed E-state index contributed by atoms with van der Waals surface area (Å²) in [5, 5.41) is 10.4. The van der Waals surface area contributed by atoms with E-state index < -0.39 is 17.9 Å². The lowest BCUT2D eigenvalue weighted by molar-refractivity contribution is -0.139. The van der Waals surface area contributed by atoms with Gasteiger partial charge in [0, 0.05) is 16.9 Å². The average Bonchev–Trinajstić information content (AvgIpc) is 2.93. The van der Waals surface area contributed by atoms with E-state index in [4.69, 9.17) is 15.2 Å². The van der Waals surface area contributed by atoms with Crippen LogP contribution in [0.3, 0.4) is 0 Å². The van der Waals surface area contributed by atoms with Crippen LogP contribution in [0.2, 0.25) is 0 Å². The van der Waals surface area contributed by atoms with Gasteiger partial charge in [-0.05, 0) is 64.7 Å². The molecule has 7 nitrogen and oxygen atoms in total. The molecule has 0 radical (unpaired) electrons. The normalized spacial score (nSPS) is 18.3. The molecule has 0 bridgehead atoms. The smallest absolute Gasteiger partial charge is 0.313 e. The number of carboxylic acid groups (broad SMARTS) is 1. The first-order chi connectivity index (χ1) is 18.0. The van der Waals surface area contributed by atoms with Crippen molar-refractivity contribution >= 4 is 23.3 Å². The summed E-state index contributed by atoms with van der Waals surface area (Å²) in [4.78, 5) is 28.2. The molecule has 0 saturated heterocycles. The largest absolute Gasteiger partial charge is 0.486 e. The van der Waals surface area contributed by atoms with Crippen LogP contribution in [-0.4, -0.2) is 30.2 Å².